The molecule has 0 aromatic heterocycles. The number of hydrogen-bond donors (Lipinski definition) is 2. The number of carboxylic acids is 1. The molecular formula is C31H30ClN3O6S2. The van der Waals surface area contributed by atoms with E-state index in [0.717, 1.165) is 22.9 Å². The molecule has 1 fully saturated rings. The minimum Gasteiger partial charge on any atom is -0.495 e. The lowest BCUT2D eigenvalue weighted by atomic mass is 10.0. The van der Waals surface area contributed by atoms with Crippen molar-refractivity contribution in [2.24, 2.45) is 0 Å². The third kappa shape index (κ3) is 8.35. The summed E-state index contributed by atoms with van der Waals surface area (Å²) in [6.07, 6.45) is 1.76. The zero-order chi connectivity index (χ0) is 31.1. The van der Waals surface area contributed by atoms with Crippen LogP contribution < -0.4 is 14.8 Å². The Morgan fingerprint density at radius 3 is 2.37 bits per heavy atom. The number of nitrogens with one attached hydrogen (secondary N) is 1. The number of amides is 2. The average molecular weight is 640 g/mol. The Morgan fingerprint density at radius 2 is 1.74 bits per heavy atom. The van der Waals surface area contributed by atoms with E-state index in [4.69, 9.17) is 38.4 Å². The molecule has 2 amide bonds. The molecule has 3 aromatic carbocycles. The number of ether oxygens (including phenoxy) is 2. The van der Waals surface area contributed by atoms with E-state index < -0.39 is 5.97 Å². The summed E-state index contributed by atoms with van der Waals surface area (Å²) >= 11 is 13.0. The summed E-state index contributed by atoms with van der Waals surface area (Å²) in [7, 11) is 5.48. The van der Waals surface area contributed by atoms with Crippen molar-refractivity contribution >= 4 is 69.4 Å². The molecular weight excluding hydrogens is 610 g/mol. The predicted octanol–water partition coefficient (Wildman–Crippen LogP) is 5.88. The maximum atomic E-state index is 13.4. The summed E-state index contributed by atoms with van der Waals surface area (Å²) in [5.41, 5.74) is 3.02. The normalized spacial score (nSPS) is 14.0. The van der Waals surface area contributed by atoms with Gasteiger partial charge in [-0.15, -0.1) is 0 Å². The number of carbonyl (C=O) groups excluding carboxylic acids is 2. The molecule has 1 aliphatic heterocycles. The number of likely N-dealkylation sites (N-methyl/N-ethyl adjacent to an activating group) is 1. The number of hydrogen-bond acceptors (Lipinski definition) is 8. The van der Waals surface area contributed by atoms with Gasteiger partial charge in [-0.2, -0.15) is 0 Å². The number of thioether (sulfide) groups is 1. The molecule has 2 N–H and O–H groups in total. The van der Waals surface area contributed by atoms with Crippen molar-refractivity contribution in [1.82, 2.24) is 9.80 Å². The summed E-state index contributed by atoms with van der Waals surface area (Å²) in [6.45, 7) is 1.26. The van der Waals surface area contributed by atoms with Crippen LogP contribution in [0, 0.1) is 0 Å². The summed E-state index contributed by atoms with van der Waals surface area (Å²) in [4.78, 5) is 40.8. The van der Waals surface area contributed by atoms with Crippen LogP contribution in [0.4, 0.5) is 5.69 Å². The van der Waals surface area contributed by atoms with E-state index in [9.17, 15) is 14.4 Å². The van der Waals surface area contributed by atoms with Gasteiger partial charge in [0.15, 0.2) is 0 Å². The summed E-state index contributed by atoms with van der Waals surface area (Å²) in [5.74, 6) is -0.495. The van der Waals surface area contributed by atoms with Crippen molar-refractivity contribution in [3.05, 3.63) is 81.7 Å². The second-order valence-electron chi connectivity index (χ2n) is 9.77. The largest absolute Gasteiger partial charge is 0.495 e. The molecule has 1 aliphatic rings. The van der Waals surface area contributed by atoms with Gasteiger partial charge in [0, 0.05) is 30.8 Å². The fourth-order valence-corrected chi connectivity index (χ4v) is 5.68. The Kier molecular flexibility index (Phi) is 10.8. The summed E-state index contributed by atoms with van der Waals surface area (Å²) < 4.78 is 11.7. The maximum absolute atomic E-state index is 13.4. The number of aromatic carboxylic acids is 1. The van der Waals surface area contributed by atoms with Crippen LogP contribution in [-0.4, -0.2) is 77.9 Å². The first kappa shape index (κ1) is 32.0. The minimum atomic E-state index is -1.05. The molecule has 1 heterocycles. The monoisotopic (exact) mass is 639 g/mol. The van der Waals surface area contributed by atoms with E-state index in [2.05, 4.69) is 5.32 Å². The quantitative estimate of drug-likeness (QED) is 0.185. The second kappa shape index (κ2) is 14.5. The van der Waals surface area contributed by atoms with Gasteiger partial charge in [0.1, 0.15) is 22.4 Å². The smallest absolute Gasteiger partial charge is 0.335 e. The van der Waals surface area contributed by atoms with Crippen LogP contribution in [-0.2, 0) is 9.59 Å². The van der Waals surface area contributed by atoms with Gasteiger partial charge >= 0.3 is 5.97 Å². The van der Waals surface area contributed by atoms with Gasteiger partial charge in [-0.3, -0.25) is 14.5 Å². The van der Waals surface area contributed by atoms with E-state index in [0.29, 0.717) is 50.1 Å². The second-order valence-corrected chi connectivity index (χ2v) is 11.9. The summed E-state index contributed by atoms with van der Waals surface area (Å²) in [6, 6.07) is 17.1. The molecule has 12 heteroatoms. The van der Waals surface area contributed by atoms with Crippen LogP contribution in [0.1, 0.15) is 22.3 Å². The van der Waals surface area contributed by atoms with Crippen molar-refractivity contribution in [1.29, 1.82) is 0 Å². The van der Waals surface area contributed by atoms with Crippen molar-refractivity contribution in [3.8, 4) is 22.6 Å². The molecule has 0 unspecified atom stereocenters. The van der Waals surface area contributed by atoms with Crippen molar-refractivity contribution in [2.45, 2.75) is 6.42 Å². The van der Waals surface area contributed by atoms with Crippen LogP contribution >= 0.6 is 35.6 Å². The third-order valence-electron chi connectivity index (χ3n) is 6.43. The van der Waals surface area contributed by atoms with Gasteiger partial charge < -0.3 is 24.8 Å². The van der Waals surface area contributed by atoms with Gasteiger partial charge in [-0.05, 0) is 79.8 Å². The number of methoxy groups -OCH3 is 1. The van der Waals surface area contributed by atoms with Crippen LogP contribution in [0.15, 0.2) is 65.6 Å². The molecule has 3 aromatic rings. The zero-order valence-electron chi connectivity index (χ0n) is 23.8. The Labute approximate surface area is 264 Å². The lowest BCUT2D eigenvalue weighted by molar-refractivity contribution is -0.122. The fourth-order valence-electron chi connectivity index (χ4n) is 4.12. The van der Waals surface area contributed by atoms with Crippen LogP contribution in [0.2, 0.25) is 5.02 Å². The molecule has 9 nitrogen and oxygen atoms in total. The van der Waals surface area contributed by atoms with Gasteiger partial charge in [-0.25, -0.2) is 4.79 Å². The number of thiocarbonyl (C=S) groups is 1. The Balaban J connectivity index is 1.51. The van der Waals surface area contributed by atoms with E-state index in [-0.39, 0.29) is 30.3 Å². The first-order valence-electron chi connectivity index (χ1n) is 13.2. The molecule has 0 bridgehead atoms. The van der Waals surface area contributed by atoms with Gasteiger partial charge in [-0.1, -0.05) is 47.7 Å². The van der Waals surface area contributed by atoms with E-state index in [1.165, 1.54) is 29.2 Å². The number of anilines is 1. The van der Waals surface area contributed by atoms with Crippen molar-refractivity contribution < 1.29 is 29.0 Å². The van der Waals surface area contributed by atoms with Crippen LogP contribution in [0.3, 0.4) is 0 Å². The van der Waals surface area contributed by atoms with Gasteiger partial charge in [0.2, 0.25) is 5.91 Å². The molecule has 43 heavy (non-hydrogen) atoms. The molecule has 0 radical (unpaired) electrons. The molecule has 0 atom stereocenters. The average Bonchev–Trinajstić information content (AvgIpc) is 3.23. The molecule has 1 saturated heterocycles. The summed E-state index contributed by atoms with van der Waals surface area (Å²) in [5, 5.41) is 12.2. The molecule has 0 aliphatic carbocycles. The Hall–Kier alpha value is -3.90. The SMILES string of the molecule is COc1ccc(-c2ccc(OCCN(C)C)c(/C=C3\SC(=S)N(CCC(=O)Nc4ccc(C(=O)O)cc4)C3=O)c2)cc1Cl. The Morgan fingerprint density at radius 1 is 1.07 bits per heavy atom. The highest BCUT2D eigenvalue weighted by molar-refractivity contribution is 8.26. The van der Waals surface area contributed by atoms with Gasteiger partial charge in [0.05, 0.1) is 22.6 Å². The zero-order valence-corrected chi connectivity index (χ0v) is 26.1. The first-order chi connectivity index (χ1) is 20.5. The Bertz CT molecular complexity index is 1580. The lowest BCUT2D eigenvalue weighted by Gasteiger charge is -2.15. The topological polar surface area (TPSA) is 108 Å². The van der Waals surface area contributed by atoms with Crippen molar-refractivity contribution in [3.63, 3.8) is 0 Å². The number of halogens is 1. The lowest BCUT2D eigenvalue weighted by Crippen LogP contribution is -2.31. The third-order valence-corrected chi connectivity index (χ3v) is 8.10. The highest BCUT2D eigenvalue weighted by Crippen LogP contribution is 2.37. The number of nitrogens with zero attached hydrogens (tertiary/aromatic N) is 2. The highest BCUT2D eigenvalue weighted by atomic mass is 35.5. The van der Waals surface area contributed by atoms with E-state index >= 15 is 0 Å². The fraction of sp³-hybridized carbons (Fsp3) is 0.226. The number of benzene rings is 3. The first-order valence-corrected chi connectivity index (χ1v) is 14.8. The molecule has 0 saturated carbocycles. The predicted molar refractivity (Wildman–Crippen MR) is 174 cm³/mol. The number of carboxylic acid groups (broad SMARTS) is 1. The molecule has 4 rings (SSSR count). The van der Waals surface area contributed by atoms with Crippen molar-refractivity contribution in [2.75, 3.05) is 46.2 Å². The van der Waals surface area contributed by atoms with E-state index in [1.54, 1.807) is 19.3 Å². The maximum Gasteiger partial charge on any atom is 0.335 e. The van der Waals surface area contributed by atoms with E-state index in [1.807, 2.05) is 49.3 Å². The standard InChI is InChI=1S/C31H30ClN3O6S2/c1-34(2)14-15-41-25-10-6-20(21-7-11-26(40-3)24(32)17-21)16-22(25)18-27-29(37)35(31(42)43-27)13-12-28(36)33-23-8-4-19(5-9-23)30(38)39/h4-11,16-18H,12-15H2,1-3H3,(H,33,36)(H,38,39)/b27-18-. The minimum absolute atomic E-state index is 0.00696. The van der Waals surface area contributed by atoms with Crippen LogP contribution in [0.25, 0.3) is 17.2 Å². The number of rotatable bonds is 12. The molecule has 0 spiro atoms. The number of carbonyl (C=O) groups is 3. The highest BCUT2D eigenvalue weighted by Gasteiger charge is 2.32. The van der Waals surface area contributed by atoms with Gasteiger partial charge in [0.25, 0.3) is 5.91 Å². The molecule has 224 valence electrons. The van der Waals surface area contributed by atoms with Crippen LogP contribution in [0.5, 0.6) is 11.5 Å².